The van der Waals surface area contributed by atoms with E-state index in [1.807, 2.05) is 24.3 Å². The Morgan fingerprint density at radius 3 is 2.71 bits per heavy atom. The molecule has 0 aliphatic rings. The third-order valence-corrected chi connectivity index (χ3v) is 3.32. The van der Waals surface area contributed by atoms with Gasteiger partial charge in [-0.2, -0.15) is 0 Å². The van der Waals surface area contributed by atoms with Crippen molar-refractivity contribution < 1.29 is 9.90 Å². The van der Waals surface area contributed by atoms with Crippen molar-refractivity contribution in [3.63, 3.8) is 0 Å². The third kappa shape index (κ3) is 2.41. The van der Waals surface area contributed by atoms with E-state index in [0.29, 0.717) is 5.56 Å². The molecule has 0 bridgehead atoms. The Labute approximate surface area is 120 Å². The zero-order valence-electron chi connectivity index (χ0n) is 11.1. The van der Waals surface area contributed by atoms with Crippen LogP contribution in [-0.4, -0.2) is 20.6 Å². The van der Waals surface area contributed by atoms with E-state index < -0.39 is 5.97 Å². The number of aromatic carboxylic acids is 1. The molecule has 3 aromatic rings. The molecule has 5 nitrogen and oxygen atoms in total. The van der Waals surface area contributed by atoms with Gasteiger partial charge < -0.3 is 9.67 Å². The fourth-order valence-electron chi connectivity index (χ4n) is 2.34. The van der Waals surface area contributed by atoms with Crippen molar-refractivity contribution in [1.82, 2.24) is 9.55 Å². The Bertz CT molecular complexity index is 884. The summed E-state index contributed by atoms with van der Waals surface area (Å²) in [5.74, 6) is -1.10. The second-order valence-electron chi connectivity index (χ2n) is 4.63. The van der Waals surface area contributed by atoms with Gasteiger partial charge in [-0.1, -0.05) is 24.3 Å². The molecule has 3 rings (SSSR count). The molecule has 104 valence electrons. The molecule has 5 heteroatoms. The smallest absolute Gasteiger partial charge is 0.354 e. The summed E-state index contributed by atoms with van der Waals surface area (Å²) >= 11 is 0. The van der Waals surface area contributed by atoms with Gasteiger partial charge >= 0.3 is 5.97 Å². The Balaban J connectivity index is 2.17. The van der Waals surface area contributed by atoms with Crippen molar-refractivity contribution >= 4 is 16.9 Å². The Morgan fingerprint density at radius 1 is 1.10 bits per heavy atom. The lowest BCUT2D eigenvalue weighted by atomic mass is 10.1. The fraction of sp³-hybridized carbons (Fsp3) is 0.0625. The van der Waals surface area contributed by atoms with Gasteiger partial charge in [-0.25, -0.2) is 9.78 Å². The van der Waals surface area contributed by atoms with E-state index in [0.717, 1.165) is 10.9 Å². The van der Waals surface area contributed by atoms with Crippen molar-refractivity contribution in [2.24, 2.45) is 0 Å². The van der Waals surface area contributed by atoms with Crippen molar-refractivity contribution in [2.45, 2.75) is 6.54 Å². The van der Waals surface area contributed by atoms with Gasteiger partial charge in [0, 0.05) is 17.8 Å². The van der Waals surface area contributed by atoms with Gasteiger partial charge in [-0.3, -0.25) is 4.79 Å². The molecule has 0 unspecified atom stereocenters. The van der Waals surface area contributed by atoms with E-state index in [2.05, 4.69) is 4.98 Å². The predicted octanol–water partition coefficient (Wildman–Crippen LogP) is 2.14. The zero-order valence-corrected chi connectivity index (χ0v) is 11.1. The van der Waals surface area contributed by atoms with Crippen molar-refractivity contribution in [3.8, 4) is 0 Å². The summed E-state index contributed by atoms with van der Waals surface area (Å²) in [4.78, 5) is 27.2. The highest BCUT2D eigenvalue weighted by Gasteiger charge is 2.12. The highest BCUT2D eigenvalue weighted by Crippen LogP contribution is 2.14. The summed E-state index contributed by atoms with van der Waals surface area (Å²) in [7, 11) is 0. The number of benzene rings is 1. The van der Waals surface area contributed by atoms with Crippen molar-refractivity contribution in [3.05, 3.63) is 76.3 Å². The number of rotatable bonds is 3. The minimum absolute atomic E-state index is 0.0302. The molecule has 2 heterocycles. The van der Waals surface area contributed by atoms with Crippen LogP contribution in [-0.2, 0) is 6.54 Å². The first-order chi connectivity index (χ1) is 10.2. The molecule has 0 saturated heterocycles. The van der Waals surface area contributed by atoms with Crippen LogP contribution in [0.3, 0.4) is 0 Å². The monoisotopic (exact) mass is 280 g/mol. The number of aromatic nitrogens is 2. The molecule has 2 aromatic heterocycles. The lowest BCUT2D eigenvalue weighted by Gasteiger charge is -2.11. The molecule has 0 aliphatic carbocycles. The van der Waals surface area contributed by atoms with Gasteiger partial charge in [0.15, 0.2) is 5.69 Å². The van der Waals surface area contributed by atoms with Gasteiger partial charge in [-0.15, -0.1) is 0 Å². The SMILES string of the molecule is O=C(O)c1ncccc1Cn1c(=O)ccc2ccccc21. The van der Waals surface area contributed by atoms with Gasteiger partial charge in [-0.05, 0) is 23.6 Å². The molecule has 0 amide bonds. The number of hydrogen-bond acceptors (Lipinski definition) is 3. The Hall–Kier alpha value is -2.95. The first kappa shape index (κ1) is 13.1. The fourth-order valence-corrected chi connectivity index (χ4v) is 2.34. The number of para-hydroxylation sites is 1. The van der Waals surface area contributed by atoms with Crippen molar-refractivity contribution in [2.75, 3.05) is 0 Å². The number of fused-ring (bicyclic) bond motifs is 1. The van der Waals surface area contributed by atoms with Crippen LogP contribution in [0.2, 0.25) is 0 Å². The number of hydrogen-bond donors (Lipinski definition) is 1. The van der Waals surface area contributed by atoms with Crippen LogP contribution < -0.4 is 5.56 Å². The van der Waals surface area contributed by atoms with E-state index in [-0.39, 0.29) is 17.8 Å². The molecule has 0 radical (unpaired) electrons. The molecule has 21 heavy (non-hydrogen) atoms. The lowest BCUT2D eigenvalue weighted by Crippen LogP contribution is -2.21. The first-order valence-electron chi connectivity index (χ1n) is 6.42. The molecular formula is C16H12N2O3. The highest BCUT2D eigenvalue weighted by molar-refractivity contribution is 5.87. The van der Waals surface area contributed by atoms with E-state index in [4.69, 9.17) is 0 Å². The van der Waals surface area contributed by atoms with Gasteiger partial charge in [0.05, 0.1) is 12.1 Å². The lowest BCUT2D eigenvalue weighted by molar-refractivity contribution is 0.0689. The molecule has 0 aliphatic heterocycles. The van der Waals surface area contributed by atoms with E-state index in [9.17, 15) is 14.7 Å². The quantitative estimate of drug-likeness (QED) is 0.797. The van der Waals surface area contributed by atoms with Gasteiger partial charge in [0.1, 0.15) is 0 Å². The number of carbonyl (C=O) groups is 1. The zero-order chi connectivity index (χ0) is 14.8. The molecule has 0 fully saturated rings. The standard InChI is InChI=1S/C16H12N2O3/c19-14-8-7-11-4-1-2-6-13(11)18(14)10-12-5-3-9-17-15(12)16(20)21/h1-9H,10H2,(H,20,21). The normalized spacial score (nSPS) is 10.7. The summed E-state index contributed by atoms with van der Waals surface area (Å²) in [5.41, 5.74) is 1.07. The van der Waals surface area contributed by atoms with Crippen LogP contribution in [0.1, 0.15) is 16.1 Å². The van der Waals surface area contributed by atoms with Crippen LogP contribution in [0, 0.1) is 0 Å². The van der Waals surface area contributed by atoms with Gasteiger partial charge in [0.2, 0.25) is 0 Å². The third-order valence-electron chi connectivity index (χ3n) is 3.32. The van der Waals surface area contributed by atoms with Crippen LogP contribution in [0.4, 0.5) is 0 Å². The minimum atomic E-state index is -1.10. The number of nitrogens with zero attached hydrogens (tertiary/aromatic N) is 2. The Morgan fingerprint density at radius 2 is 1.90 bits per heavy atom. The van der Waals surface area contributed by atoms with E-state index in [1.54, 1.807) is 22.8 Å². The molecule has 0 spiro atoms. The van der Waals surface area contributed by atoms with Crippen LogP contribution in [0.25, 0.3) is 10.9 Å². The second kappa shape index (κ2) is 5.20. The number of carboxylic acid groups (broad SMARTS) is 1. The number of pyridine rings is 2. The maximum absolute atomic E-state index is 12.1. The first-order valence-corrected chi connectivity index (χ1v) is 6.42. The highest BCUT2D eigenvalue weighted by atomic mass is 16.4. The van der Waals surface area contributed by atoms with Crippen LogP contribution in [0.15, 0.2) is 59.5 Å². The molecule has 1 N–H and O–H groups in total. The maximum atomic E-state index is 12.1. The average molecular weight is 280 g/mol. The summed E-state index contributed by atoms with van der Waals surface area (Å²) in [6.45, 7) is 0.176. The van der Waals surface area contributed by atoms with E-state index >= 15 is 0 Å². The average Bonchev–Trinajstić information content (AvgIpc) is 2.50. The van der Waals surface area contributed by atoms with Crippen molar-refractivity contribution in [1.29, 1.82) is 0 Å². The molecule has 0 saturated carbocycles. The molecule has 1 aromatic carbocycles. The minimum Gasteiger partial charge on any atom is -0.477 e. The Kier molecular flexibility index (Phi) is 3.23. The topological polar surface area (TPSA) is 72.2 Å². The van der Waals surface area contributed by atoms with E-state index in [1.165, 1.54) is 12.3 Å². The summed E-state index contributed by atoms with van der Waals surface area (Å²) in [6.07, 6.45) is 1.43. The number of carboxylic acids is 1. The van der Waals surface area contributed by atoms with Crippen LogP contribution >= 0.6 is 0 Å². The molecule has 0 atom stereocenters. The second-order valence-corrected chi connectivity index (χ2v) is 4.63. The summed E-state index contributed by atoms with van der Waals surface area (Å²) in [5, 5.41) is 10.1. The summed E-state index contributed by atoms with van der Waals surface area (Å²) in [6, 6.07) is 14.1. The van der Waals surface area contributed by atoms with Crippen LogP contribution in [0.5, 0.6) is 0 Å². The summed E-state index contributed by atoms with van der Waals surface area (Å²) < 4.78 is 1.55. The van der Waals surface area contributed by atoms with Gasteiger partial charge in [0.25, 0.3) is 5.56 Å². The largest absolute Gasteiger partial charge is 0.477 e. The maximum Gasteiger partial charge on any atom is 0.354 e. The molecular weight excluding hydrogens is 268 g/mol. The predicted molar refractivity (Wildman–Crippen MR) is 78.5 cm³/mol.